The maximum atomic E-state index is 11.3. The van der Waals surface area contributed by atoms with E-state index in [2.05, 4.69) is 35.8 Å². The Balaban J connectivity index is 1.66. The van der Waals surface area contributed by atoms with Gasteiger partial charge in [0.1, 0.15) is 12.3 Å². The molecule has 6 heteroatoms. The fourth-order valence-electron chi connectivity index (χ4n) is 3.63. The van der Waals surface area contributed by atoms with E-state index in [1.807, 2.05) is 48.6 Å². The number of carbonyl (C=O) groups excluding carboxylic acids is 1. The Morgan fingerprint density at radius 1 is 1.20 bits per heavy atom. The van der Waals surface area contributed by atoms with Crippen molar-refractivity contribution in [2.24, 2.45) is 0 Å². The maximum absolute atomic E-state index is 11.3. The molecule has 0 N–H and O–H groups in total. The van der Waals surface area contributed by atoms with Crippen LogP contribution in [0, 0.1) is 0 Å². The number of benzene rings is 2. The molecule has 1 aliphatic heterocycles. The quantitative estimate of drug-likeness (QED) is 0.575. The summed E-state index contributed by atoms with van der Waals surface area (Å²) in [5.74, 6) is -0.376. The van der Waals surface area contributed by atoms with E-state index in [-0.39, 0.29) is 6.54 Å². The van der Waals surface area contributed by atoms with Crippen molar-refractivity contribution in [1.82, 2.24) is 0 Å². The average molecular weight is 419 g/mol. The first-order valence-electron chi connectivity index (χ1n) is 9.74. The fourth-order valence-corrected chi connectivity index (χ4v) is 4.74. The number of nitrogens with zero attached hydrogens (tertiary/aromatic N) is 2. The predicted octanol–water partition coefficient (Wildman–Crippen LogP) is 3.37. The number of pyridine rings is 1. The molecule has 0 radical (unpaired) electrons. The van der Waals surface area contributed by atoms with Crippen molar-refractivity contribution in [3.8, 4) is 5.75 Å². The van der Waals surface area contributed by atoms with E-state index in [9.17, 15) is 9.90 Å². The van der Waals surface area contributed by atoms with Crippen LogP contribution in [0.3, 0.4) is 0 Å². The first-order chi connectivity index (χ1) is 14.6. The Bertz CT molecular complexity index is 1170. The molecular formula is C24H22N2O3S. The highest BCUT2D eigenvalue weighted by Gasteiger charge is 2.25. The van der Waals surface area contributed by atoms with Crippen LogP contribution in [0.25, 0.3) is 17.0 Å². The molecule has 1 aliphatic rings. The number of aromatic nitrogens is 1. The molecule has 30 heavy (non-hydrogen) atoms. The molecule has 2 heterocycles. The monoisotopic (exact) mass is 418 g/mol. The number of para-hydroxylation sites is 1. The van der Waals surface area contributed by atoms with Crippen LogP contribution in [0.15, 0.2) is 76.7 Å². The summed E-state index contributed by atoms with van der Waals surface area (Å²) in [6.45, 7) is 2.78. The van der Waals surface area contributed by atoms with Crippen LogP contribution in [-0.4, -0.2) is 19.6 Å². The zero-order chi connectivity index (χ0) is 21.1. The number of thioether (sulfide) groups is 1. The minimum absolute atomic E-state index is 0.197. The summed E-state index contributed by atoms with van der Waals surface area (Å²) >= 11 is 1.52. The first-order valence-corrected chi connectivity index (χ1v) is 10.6. The van der Waals surface area contributed by atoms with Crippen LogP contribution in [-0.2, 0) is 11.3 Å². The molecule has 0 amide bonds. The zero-order valence-corrected chi connectivity index (χ0v) is 17.7. The number of allylic oxidation sites excluding steroid dienone is 2. The normalized spacial score (nSPS) is 14.6. The van der Waals surface area contributed by atoms with E-state index >= 15 is 0 Å². The number of methoxy groups -OCH3 is 1. The number of aliphatic carboxylic acids is 1. The summed E-state index contributed by atoms with van der Waals surface area (Å²) in [6, 6.07) is 18.2. The molecule has 0 spiro atoms. The Hall–Kier alpha value is -3.25. The Kier molecular flexibility index (Phi) is 5.77. The number of carboxylic acids is 1. The van der Waals surface area contributed by atoms with Crippen molar-refractivity contribution in [1.29, 1.82) is 0 Å². The van der Waals surface area contributed by atoms with Gasteiger partial charge in [0.2, 0.25) is 11.2 Å². The van der Waals surface area contributed by atoms with Crippen molar-refractivity contribution < 1.29 is 19.2 Å². The molecule has 0 unspecified atom stereocenters. The van der Waals surface area contributed by atoms with E-state index in [1.165, 1.54) is 22.7 Å². The smallest absolute Gasteiger partial charge is 0.212 e. The van der Waals surface area contributed by atoms with E-state index in [4.69, 9.17) is 4.74 Å². The van der Waals surface area contributed by atoms with E-state index in [0.29, 0.717) is 0 Å². The van der Waals surface area contributed by atoms with Crippen LogP contribution < -0.4 is 19.3 Å². The van der Waals surface area contributed by atoms with Crippen LogP contribution in [0.4, 0.5) is 5.69 Å². The lowest BCUT2D eigenvalue weighted by Crippen LogP contribution is -2.36. The SMILES string of the molecule is CC[n+]1c(/C=C/C=C2\Sc3cc(OC)ccc3N2CC(=O)[O-])ccc2ccccc21. The Morgan fingerprint density at radius 2 is 2.03 bits per heavy atom. The lowest BCUT2D eigenvalue weighted by molar-refractivity contribution is -0.669. The summed E-state index contributed by atoms with van der Waals surface area (Å²) in [6.07, 6.45) is 5.95. The third-order valence-corrected chi connectivity index (χ3v) is 6.13. The minimum Gasteiger partial charge on any atom is -0.548 e. The van der Waals surface area contributed by atoms with Gasteiger partial charge in [-0.1, -0.05) is 30.0 Å². The van der Waals surface area contributed by atoms with E-state index in [0.717, 1.165) is 33.6 Å². The molecule has 3 aromatic rings. The van der Waals surface area contributed by atoms with Gasteiger partial charge in [0.05, 0.1) is 30.3 Å². The molecular weight excluding hydrogens is 396 g/mol. The van der Waals surface area contributed by atoms with Gasteiger partial charge in [-0.15, -0.1) is 0 Å². The second kappa shape index (κ2) is 8.63. The number of fused-ring (bicyclic) bond motifs is 2. The van der Waals surface area contributed by atoms with Gasteiger partial charge in [0, 0.05) is 28.5 Å². The largest absolute Gasteiger partial charge is 0.548 e. The van der Waals surface area contributed by atoms with E-state index in [1.54, 1.807) is 12.0 Å². The predicted molar refractivity (Wildman–Crippen MR) is 118 cm³/mol. The average Bonchev–Trinajstić information content (AvgIpc) is 3.09. The number of carboxylic acid groups (broad SMARTS) is 1. The van der Waals surface area contributed by atoms with Crippen molar-refractivity contribution >= 4 is 40.4 Å². The number of carbonyl (C=O) groups is 1. The second-order valence-electron chi connectivity index (χ2n) is 6.82. The van der Waals surface area contributed by atoms with Crippen molar-refractivity contribution in [3.63, 3.8) is 0 Å². The van der Waals surface area contributed by atoms with Crippen molar-refractivity contribution in [2.45, 2.75) is 18.4 Å². The molecule has 5 nitrogen and oxygen atoms in total. The molecule has 4 rings (SSSR count). The molecule has 152 valence electrons. The van der Waals surface area contributed by atoms with Crippen LogP contribution in [0.2, 0.25) is 0 Å². The van der Waals surface area contributed by atoms with Crippen LogP contribution >= 0.6 is 11.8 Å². The summed E-state index contributed by atoms with van der Waals surface area (Å²) in [4.78, 5) is 14.0. The summed E-state index contributed by atoms with van der Waals surface area (Å²) < 4.78 is 7.55. The highest BCUT2D eigenvalue weighted by Crippen LogP contribution is 2.47. The van der Waals surface area contributed by atoms with Crippen molar-refractivity contribution in [3.05, 3.63) is 77.5 Å². The molecule has 0 saturated heterocycles. The third kappa shape index (κ3) is 3.91. The number of anilines is 1. The molecule has 0 saturated carbocycles. The molecule has 1 aromatic heterocycles. The van der Waals surface area contributed by atoms with Crippen LogP contribution in [0.5, 0.6) is 5.75 Å². The second-order valence-corrected chi connectivity index (χ2v) is 7.88. The number of aryl methyl sites for hydroxylation is 1. The summed E-state index contributed by atoms with van der Waals surface area (Å²) in [5.41, 5.74) is 3.11. The number of hydrogen-bond donors (Lipinski definition) is 0. The molecule has 2 aromatic carbocycles. The van der Waals surface area contributed by atoms with Gasteiger partial charge in [0.25, 0.3) is 0 Å². The summed E-state index contributed by atoms with van der Waals surface area (Å²) in [5, 5.41) is 13.3. The standard InChI is InChI=1S/C24H22N2O3S/c1-3-25-18(12-11-17-7-4-5-9-20(17)25)8-6-10-23-26(16-24(27)28)21-14-13-19(29-2)15-22(21)30-23/h4-15H,3,16H2,1-2H3. The van der Waals surface area contributed by atoms with Gasteiger partial charge in [-0.2, -0.15) is 4.57 Å². The highest BCUT2D eigenvalue weighted by molar-refractivity contribution is 8.03. The fraction of sp³-hybridized carbons (Fsp3) is 0.167. The van der Waals surface area contributed by atoms with E-state index < -0.39 is 5.97 Å². The van der Waals surface area contributed by atoms with Crippen LogP contribution in [0.1, 0.15) is 12.6 Å². The van der Waals surface area contributed by atoms with Crippen molar-refractivity contribution in [2.75, 3.05) is 18.6 Å². The number of ether oxygens (including phenoxy) is 1. The van der Waals surface area contributed by atoms with Gasteiger partial charge in [-0.3, -0.25) is 0 Å². The molecule has 0 aliphatic carbocycles. The highest BCUT2D eigenvalue weighted by atomic mass is 32.2. The van der Waals surface area contributed by atoms with Gasteiger partial charge in [0.15, 0.2) is 0 Å². The third-order valence-electron chi connectivity index (χ3n) is 5.02. The Labute approximate surface area is 179 Å². The minimum atomic E-state index is -1.12. The van der Waals surface area contributed by atoms with Gasteiger partial charge >= 0.3 is 0 Å². The van der Waals surface area contributed by atoms with Gasteiger partial charge < -0.3 is 19.5 Å². The topological polar surface area (TPSA) is 56.5 Å². The number of hydrogen-bond acceptors (Lipinski definition) is 5. The number of rotatable bonds is 6. The van der Waals surface area contributed by atoms with Gasteiger partial charge in [-0.05, 0) is 43.3 Å². The molecule has 0 atom stereocenters. The summed E-state index contributed by atoms with van der Waals surface area (Å²) in [7, 11) is 1.62. The maximum Gasteiger partial charge on any atom is 0.212 e. The van der Waals surface area contributed by atoms with Gasteiger partial charge in [-0.25, -0.2) is 0 Å². The lowest BCUT2D eigenvalue weighted by atomic mass is 10.2. The first kappa shape index (κ1) is 20.0. The molecule has 0 bridgehead atoms. The Morgan fingerprint density at radius 3 is 2.80 bits per heavy atom. The molecule has 0 fully saturated rings. The zero-order valence-electron chi connectivity index (χ0n) is 16.9. The lowest BCUT2D eigenvalue weighted by Gasteiger charge is -2.20.